The summed E-state index contributed by atoms with van der Waals surface area (Å²) in [5.41, 5.74) is 8.22. The lowest BCUT2D eigenvalue weighted by Crippen LogP contribution is -1.83. The highest BCUT2D eigenvalue weighted by Crippen LogP contribution is 2.35. The zero-order valence-electron chi connectivity index (χ0n) is 8.92. The molecular formula is C13H10N2OS. The summed E-state index contributed by atoms with van der Waals surface area (Å²) in [7, 11) is 0. The van der Waals surface area contributed by atoms with Crippen molar-refractivity contribution < 1.29 is 5.11 Å². The first-order valence-corrected chi connectivity index (χ1v) is 6.00. The zero-order valence-corrected chi connectivity index (χ0v) is 9.74. The van der Waals surface area contributed by atoms with Crippen LogP contribution in [0.1, 0.15) is 0 Å². The minimum Gasteiger partial charge on any atom is -0.506 e. The van der Waals surface area contributed by atoms with Crippen LogP contribution in [0.3, 0.4) is 0 Å². The maximum atomic E-state index is 9.73. The van der Waals surface area contributed by atoms with Crippen molar-refractivity contribution in [3.05, 3.63) is 42.5 Å². The number of benzene rings is 2. The van der Waals surface area contributed by atoms with Crippen LogP contribution in [0.4, 0.5) is 5.69 Å². The molecule has 1 aromatic heterocycles. The van der Waals surface area contributed by atoms with Crippen LogP contribution >= 0.6 is 11.3 Å². The van der Waals surface area contributed by atoms with Gasteiger partial charge in [0.25, 0.3) is 0 Å². The zero-order chi connectivity index (χ0) is 11.8. The fraction of sp³-hybridized carbons (Fsp3) is 0. The first-order chi connectivity index (χ1) is 8.24. The molecule has 3 N–H and O–H groups in total. The lowest BCUT2D eigenvalue weighted by Gasteiger charge is -1.95. The van der Waals surface area contributed by atoms with E-state index in [0.29, 0.717) is 0 Å². The molecule has 0 unspecified atom stereocenters. The Morgan fingerprint density at radius 2 is 1.82 bits per heavy atom. The van der Waals surface area contributed by atoms with Gasteiger partial charge in [0, 0.05) is 11.3 Å². The van der Waals surface area contributed by atoms with Gasteiger partial charge in [0.05, 0.1) is 10.2 Å². The minimum absolute atomic E-state index is 0.279. The number of aromatic nitrogens is 1. The van der Waals surface area contributed by atoms with Gasteiger partial charge in [-0.15, -0.1) is 11.3 Å². The first-order valence-electron chi connectivity index (χ1n) is 5.18. The lowest BCUT2D eigenvalue weighted by molar-refractivity contribution is 0.482. The van der Waals surface area contributed by atoms with Crippen LogP contribution in [0.5, 0.6) is 5.75 Å². The first kappa shape index (κ1) is 10.1. The quantitative estimate of drug-likeness (QED) is 0.644. The standard InChI is InChI=1S/C13H10N2OS/c14-9-6-4-8(5-7-9)13-15-10-2-1-3-11(16)12(10)17-13/h1-7,16H,14H2. The predicted octanol–water partition coefficient (Wildman–Crippen LogP) is 3.25. The SMILES string of the molecule is Nc1ccc(-c2nc3cccc(O)c3s2)cc1. The Hall–Kier alpha value is -2.07. The van der Waals surface area contributed by atoms with Gasteiger partial charge in [0.15, 0.2) is 0 Å². The summed E-state index contributed by atoms with van der Waals surface area (Å²) in [6.45, 7) is 0. The number of nitrogens with two attached hydrogens (primary N) is 1. The van der Waals surface area contributed by atoms with Crippen molar-refractivity contribution in [3.8, 4) is 16.3 Å². The van der Waals surface area contributed by atoms with Crippen LogP contribution in [-0.4, -0.2) is 10.1 Å². The topological polar surface area (TPSA) is 59.1 Å². The Balaban J connectivity index is 2.18. The second-order valence-electron chi connectivity index (χ2n) is 3.77. The molecule has 1 heterocycles. The van der Waals surface area contributed by atoms with E-state index in [4.69, 9.17) is 5.73 Å². The number of nitrogens with zero attached hydrogens (tertiary/aromatic N) is 1. The molecule has 0 saturated heterocycles. The highest BCUT2D eigenvalue weighted by atomic mass is 32.1. The molecule has 0 aliphatic heterocycles. The van der Waals surface area contributed by atoms with E-state index in [1.165, 1.54) is 11.3 Å². The van der Waals surface area contributed by atoms with E-state index >= 15 is 0 Å². The third-order valence-electron chi connectivity index (χ3n) is 2.55. The van der Waals surface area contributed by atoms with E-state index in [1.807, 2.05) is 30.3 Å². The molecule has 84 valence electrons. The Bertz CT molecular complexity index is 673. The molecule has 3 nitrogen and oxygen atoms in total. The number of phenols is 1. The van der Waals surface area contributed by atoms with Crippen LogP contribution < -0.4 is 5.73 Å². The number of hydrogen-bond donors (Lipinski definition) is 2. The molecule has 0 aliphatic rings. The maximum absolute atomic E-state index is 9.73. The third kappa shape index (κ3) is 1.72. The molecule has 3 aromatic rings. The van der Waals surface area contributed by atoms with Gasteiger partial charge in [-0.25, -0.2) is 4.98 Å². The number of anilines is 1. The molecule has 2 aromatic carbocycles. The number of rotatable bonds is 1. The van der Waals surface area contributed by atoms with Crippen LogP contribution in [0, 0.1) is 0 Å². The van der Waals surface area contributed by atoms with Crippen LogP contribution in [0.25, 0.3) is 20.8 Å². The summed E-state index contributed by atoms with van der Waals surface area (Å²) in [6, 6.07) is 12.9. The van der Waals surface area contributed by atoms with Crippen LogP contribution in [-0.2, 0) is 0 Å². The smallest absolute Gasteiger partial charge is 0.135 e. The molecule has 4 heteroatoms. The normalized spacial score (nSPS) is 10.8. The van der Waals surface area contributed by atoms with Gasteiger partial charge in [-0.3, -0.25) is 0 Å². The molecule has 0 radical (unpaired) electrons. The van der Waals surface area contributed by atoms with Gasteiger partial charge in [-0.2, -0.15) is 0 Å². The number of phenolic OH excluding ortho intramolecular Hbond substituents is 1. The van der Waals surface area contributed by atoms with Crippen molar-refractivity contribution >= 4 is 27.2 Å². The van der Waals surface area contributed by atoms with E-state index in [1.54, 1.807) is 12.1 Å². The van der Waals surface area contributed by atoms with Crippen LogP contribution in [0.15, 0.2) is 42.5 Å². The van der Waals surface area contributed by atoms with Crippen molar-refractivity contribution in [1.82, 2.24) is 4.98 Å². The van der Waals surface area contributed by atoms with Gasteiger partial charge >= 0.3 is 0 Å². The third-order valence-corrected chi connectivity index (χ3v) is 3.69. The van der Waals surface area contributed by atoms with E-state index in [-0.39, 0.29) is 5.75 Å². The molecule has 0 bridgehead atoms. The van der Waals surface area contributed by atoms with Crippen LogP contribution in [0.2, 0.25) is 0 Å². The molecule has 0 aliphatic carbocycles. The number of fused-ring (bicyclic) bond motifs is 1. The number of hydrogen-bond acceptors (Lipinski definition) is 4. The highest BCUT2D eigenvalue weighted by Gasteiger charge is 2.08. The molecule has 0 atom stereocenters. The molecule has 17 heavy (non-hydrogen) atoms. The van der Waals surface area contributed by atoms with Crippen molar-refractivity contribution in [3.63, 3.8) is 0 Å². The van der Waals surface area contributed by atoms with E-state index in [9.17, 15) is 5.11 Å². The number of aromatic hydroxyl groups is 1. The minimum atomic E-state index is 0.279. The summed E-state index contributed by atoms with van der Waals surface area (Å²) in [5, 5.41) is 10.6. The lowest BCUT2D eigenvalue weighted by atomic mass is 10.2. The Morgan fingerprint density at radius 3 is 2.53 bits per heavy atom. The summed E-state index contributed by atoms with van der Waals surface area (Å²) >= 11 is 1.48. The monoisotopic (exact) mass is 242 g/mol. The average Bonchev–Trinajstić information content (AvgIpc) is 2.75. The van der Waals surface area contributed by atoms with E-state index in [2.05, 4.69) is 4.98 Å². The molecular weight excluding hydrogens is 232 g/mol. The summed E-state index contributed by atoms with van der Waals surface area (Å²) in [5.74, 6) is 0.279. The predicted molar refractivity (Wildman–Crippen MR) is 71.1 cm³/mol. The average molecular weight is 242 g/mol. The van der Waals surface area contributed by atoms with Gasteiger partial charge in [0.1, 0.15) is 10.8 Å². The summed E-state index contributed by atoms with van der Waals surface area (Å²) in [4.78, 5) is 4.49. The number of thiazole rings is 1. The Labute approximate surface area is 102 Å². The summed E-state index contributed by atoms with van der Waals surface area (Å²) in [6.07, 6.45) is 0. The Morgan fingerprint density at radius 1 is 1.06 bits per heavy atom. The van der Waals surface area contributed by atoms with Crippen molar-refractivity contribution in [2.75, 3.05) is 5.73 Å². The highest BCUT2D eigenvalue weighted by molar-refractivity contribution is 7.22. The maximum Gasteiger partial charge on any atom is 0.135 e. The number of nitrogen functional groups attached to an aromatic ring is 1. The molecule has 0 saturated carbocycles. The van der Waals surface area contributed by atoms with E-state index in [0.717, 1.165) is 26.5 Å². The summed E-state index contributed by atoms with van der Waals surface area (Å²) < 4.78 is 0.819. The van der Waals surface area contributed by atoms with Gasteiger partial charge in [-0.05, 0) is 36.4 Å². The Kier molecular flexibility index (Phi) is 2.23. The van der Waals surface area contributed by atoms with Crippen molar-refractivity contribution in [1.29, 1.82) is 0 Å². The van der Waals surface area contributed by atoms with Gasteiger partial charge < -0.3 is 10.8 Å². The molecule has 3 rings (SSSR count). The van der Waals surface area contributed by atoms with Crippen molar-refractivity contribution in [2.24, 2.45) is 0 Å². The fourth-order valence-electron chi connectivity index (χ4n) is 1.68. The molecule has 0 amide bonds. The van der Waals surface area contributed by atoms with Gasteiger partial charge in [-0.1, -0.05) is 6.07 Å². The largest absolute Gasteiger partial charge is 0.506 e. The fourth-order valence-corrected chi connectivity index (χ4v) is 2.67. The van der Waals surface area contributed by atoms with Gasteiger partial charge in [0.2, 0.25) is 0 Å². The second-order valence-corrected chi connectivity index (χ2v) is 4.77. The second kappa shape index (κ2) is 3.75. The molecule has 0 fully saturated rings. The van der Waals surface area contributed by atoms with E-state index < -0.39 is 0 Å². The molecule has 0 spiro atoms. The van der Waals surface area contributed by atoms with Crippen molar-refractivity contribution in [2.45, 2.75) is 0 Å².